The summed E-state index contributed by atoms with van der Waals surface area (Å²) in [5, 5.41) is 15.0. The number of nitrogens with two attached hydrogens (primary N) is 1. The first-order valence-electron chi connectivity index (χ1n) is 7.29. The average molecular weight is 361 g/mol. The van der Waals surface area contributed by atoms with E-state index in [1.807, 2.05) is 0 Å². The molecule has 0 amide bonds. The van der Waals surface area contributed by atoms with E-state index < -0.39 is 15.6 Å². The first-order chi connectivity index (χ1) is 11.9. The van der Waals surface area contributed by atoms with Crippen LogP contribution in [0.25, 0.3) is 11.0 Å². The summed E-state index contributed by atoms with van der Waals surface area (Å²) in [6.07, 6.45) is 0. The van der Waals surface area contributed by atoms with E-state index in [-0.39, 0.29) is 18.1 Å². The van der Waals surface area contributed by atoms with Gasteiger partial charge in [0.1, 0.15) is 17.9 Å². The summed E-state index contributed by atoms with van der Waals surface area (Å²) in [6, 6.07) is 12.2. The predicted octanol–water partition coefficient (Wildman–Crippen LogP) is 1.51. The molecule has 0 saturated heterocycles. The Labute approximate surface area is 143 Å². The van der Waals surface area contributed by atoms with Gasteiger partial charge in [-0.15, -0.1) is 0 Å². The molecule has 25 heavy (non-hydrogen) atoms. The number of fused-ring (bicyclic) bond motifs is 1. The third-order valence-corrected chi connectivity index (χ3v) is 4.56. The average Bonchev–Trinajstić information content (AvgIpc) is 2.58. The van der Waals surface area contributed by atoms with Crippen molar-refractivity contribution in [2.24, 2.45) is 5.14 Å². The molecule has 130 valence electrons. The van der Waals surface area contributed by atoms with Crippen LogP contribution in [0.1, 0.15) is 11.1 Å². The molecule has 0 fully saturated rings. The standard InChI is InChI=1S/C17H15NO6S/c18-25(21,22)14-4-1-11(2-5-14)10-23-13-3-6-15-12(9-19)7-17(20)24-16(15)8-13/h1-8,19H,9-10H2,(H2,18,21,22). The maximum Gasteiger partial charge on any atom is 0.336 e. The van der Waals surface area contributed by atoms with Crippen molar-refractivity contribution in [2.45, 2.75) is 18.1 Å². The van der Waals surface area contributed by atoms with Crippen molar-refractivity contribution >= 4 is 21.0 Å². The molecule has 0 bridgehead atoms. The molecule has 3 aromatic rings. The molecule has 0 aliphatic rings. The molecule has 0 atom stereocenters. The van der Waals surface area contributed by atoms with Crippen molar-refractivity contribution in [1.29, 1.82) is 0 Å². The second kappa shape index (κ2) is 6.67. The van der Waals surface area contributed by atoms with Crippen LogP contribution in [0.2, 0.25) is 0 Å². The first kappa shape index (κ1) is 17.2. The van der Waals surface area contributed by atoms with E-state index in [0.717, 1.165) is 5.56 Å². The number of sulfonamides is 1. The van der Waals surface area contributed by atoms with Gasteiger partial charge in [-0.25, -0.2) is 18.4 Å². The number of hydrogen-bond donors (Lipinski definition) is 2. The summed E-state index contributed by atoms with van der Waals surface area (Å²) in [5.41, 5.74) is 1.00. The molecule has 0 spiro atoms. The number of primary sulfonamides is 1. The summed E-state index contributed by atoms with van der Waals surface area (Å²) in [5.74, 6) is 0.473. The fourth-order valence-corrected chi connectivity index (χ4v) is 2.89. The zero-order valence-corrected chi connectivity index (χ0v) is 13.8. The number of rotatable bonds is 5. The fourth-order valence-electron chi connectivity index (χ4n) is 2.37. The number of benzene rings is 2. The van der Waals surface area contributed by atoms with Gasteiger partial charge < -0.3 is 14.3 Å². The fraction of sp³-hybridized carbons (Fsp3) is 0.118. The number of hydrogen-bond acceptors (Lipinski definition) is 6. The molecule has 2 aromatic carbocycles. The van der Waals surface area contributed by atoms with Gasteiger partial charge in [-0.05, 0) is 35.4 Å². The Kier molecular flexibility index (Phi) is 4.58. The zero-order chi connectivity index (χ0) is 18.0. The molecular weight excluding hydrogens is 346 g/mol. The zero-order valence-electron chi connectivity index (χ0n) is 13.0. The minimum absolute atomic E-state index is 0.0280. The van der Waals surface area contributed by atoms with E-state index >= 15 is 0 Å². The lowest BCUT2D eigenvalue weighted by Gasteiger charge is -2.08. The molecule has 0 aliphatic heterocycles. The van der Waals surface area contributed by atoms with Crippen LogP contribution in [-0.2, 0) is 23.2 Å². The van der Waals surface area contributed by atoms with Gasteiger partial charge in [0.05, 0.1) is 11.5 Å². The normalized spacial score (nSPS) is 11.6. The van der Waals surface area contributed by atoms with Crippen LogP contribution < -0.4 is 15.5 Å². The summed E-state index contributed by atoms with van der Waals surface area (Å²) in [6.45, 7) is -0.0704. The molecule has 3 rings (SSSR count). The minimum atomic E-state index is -3.72. The second-order valence-electron chi connectivity index (χ2n) is 5.38. The lowest BCUT2D eigenvalue weighted by molar-refractivity contribution is 0.282. The van der Waals surface area contributed by atoms with Crippen LogP contribution in [0, 0.1) is 0 Å². The summed E-state index contributed by atoms with van der Waals surface area (Å²) >= 11 is 0. The smallest absolute Gasteiger partial charge is 0.336 e. The van der Waals surface area contributed by atoms with Crippen LogP contribution in [0.4, 0.5) is 0 Å². The Balaban J connectivity index is 1.80. The van der Waals surface area contributed by atoms with Crippen LogP contribution in [0.3, 0.4) is 0 Å². The van der Waals surface area contributed by atoms with Gasteiger partial charge in [0.2, 0.25) is 10.0 Å². The second-order valence-corrected chi connectivity index (χ2v) is 6.95. The van der Waals surface area contributed by atoms with Gasteiger partial charge in [0, 0.05) is 17.5 Å². The molecule has 7 nitrogen and oxygen atoms in total. The van der Waals surface area contributed by atoms with E-state index in [2.05, 4.69) is 0 Å². The third-order valence-electron chi connectivity index (χ3n) is 3.63. The summed E-state index contributed by atoms with van der Waals surface area (Å²) < 4.78 is 33.2. The van der Waals surface area contributed by atoms with Crippen LogP contribution in [0.15, 0.2) is 62.6 Å². The molecule has 3 N–H and O–H groups in total. The number of aliphatic hydroxyl groups is 1. The highest BCUT2D eigenvalue weighted by Gasteiger charge is 2.08. The third kappa shape index (κ3) is 3.87. The SMILES string of the molecule is NS(=O)(=O)c1ccc(COc2ccc3c(CO)cc(=O)oc3c2)cc1. The largest absolute Gasteiger partial charge is 0.489 e. The number of aliphatic hydroxyl groups excluding tert-OH is 1. The van der Waals surface area contributed by atoms with E-state index in [9.17, 15) is 18.3 Å². The predicted molar refractivity (Wildman–Crippen MR) is 90.6 cm³/mol. The minimum Gasteiger partial charge on any atom is -0.489 e. The lowest BCUT2D eigenvalue weighted by atomic mass is 10.1. The molecule has 1 heterocycles. The van der Waals surface area contributed by atoms with Crippen molar-refractivity contribution in [3.8, 4) is 5.75 Å². The van der Waals surface area contributed by atoms with Gasteiger partial charge in [0.25, 0.3) is 0 Å². The van der Waals surface area contributed by atoms with E-state index in [1.54, 1.807) is 30.3 Å². The molecular formula is C17H15NO6S. The van der Waals surface area contributed by atoms with Crippen molar-refractivity contribution in [1.82, 2.24) is 0 Å². The summed E-state index contributed by atoms with van der Waals surface area (Å²) in [7, 11) is -3.72. The topological polar surface area (TPSA) is 120 Å². The highest BCUT2D eigenvalue weighted by Crippen LogP contribution is 2.23. The van der Waals surface area contributed by atoms with Gasteiger partial charge in [-0.1, -0.05) is 12.1 Å². The van der Waals surface area contributed by atoms with Gasteiger partial charge >= 0.3 is 5.63 Å². The molecule has 0 saturated carbocycles. The highest BCUT2D eigenvalue weighted by atomic mass is 32.2. The Morgan fingerprint density at radius 1 is 1.08 bits per heavy atom. The molecule has 0 unspecified atom stereocenters. The lowest BCUT2D eigenvalue weighted by Crippen LogP contribution is -2.12. The van der Waals surface area contributed by atoms with Gasteiger partial charge in [0.15, 0.2) is 0 Å². The Morgan fingerprint density at radius 2 is 1.80 bits per heavy atom. The van der Waals surface area contributed by atoms with Gasteiger partial charge in [-0.3, -0.25) is 0 Å². The van der Waals surface area contributed by atoms with Crippen LogP contribution in [-0.4, -0.2) is 13.5 Å². The number of ether oxygens (including phenoxy) is 1. The van der Waals surface area contributed by atoms with Crippen LogP contribution >= 0.6 is 0 Å². The molecule has 1 aromatic heterocycles. The first-order valence-corrected chi connectivity index (χ1v) is 8.83. The van der Waals surface area contributed by atoms with E-state index in [4.69, 9.17) is 14.3 Å². The van der Waals surface area contributed by atoms with Crippen molar-refractivity contribution < 1.29 is 22.7 Å². The highest BCUT2D eigenvalue weighted by molar-refractivity contribution is 7.89. The van der Waals surface area contributed by atoms with Crippen molar-refractivity contribution in [3.63, 3.8) is 0 Å². The molecule has 8 heteroatoms. The molecule has 0 radical (unpaired) electrons. The van der Waals surface area contributed by atoms with E-state index in [1.165, 1.54) is 18.2 Å². The maximum atomic E-state index is 11.5. The van der Waals surface area contributed by atoms with Gasteiger partial charge in [-0.2, -0.15) is 0 Å². The summed E-state index contributed by atoms with van der Waals surface area (Å²) in [4.78, 5) is 11.5. The quantitative estimate of drug-likeness (QED) is 0.665. The van der Waals surface area contributed by atoms with E-state index in [0.29, 0.717) is 22.3 Å². The monoisotopic (exact) mass is 361 g/mol. The Bertz CT molecular complexity index is 1070. The van der Waals surface area contributed by atoms with Crippen molar-refractivity contribution in [2.75, 3.05) is 0 Å². The van der Waals surface area contributed by atoms with Crippen LogP contribution in [0.5, 0.6) is 5.75 Å². The molecule has 0 aliphatic carbocycles. The van der Waals surface area contributed by atoms with Crippen molar-refractivity contribution in [3.05, 3.63) is 70.1 Å². The Morgan fingerprint density at radius 3 is 2.44 bits per heavy atom. The maximum absolute atomic E-state index is 11.5. The Hall–Kier alpha value is -2.68.